The third-order valence-electron chi connectivity index (χ3n) is 5.52. The van der Waals surface area contributed by atoms with Gasteiger partial charge in [0.15, 0.2) is 15.3 Å². The average Bonchev–Trinajstić information content (AvgIpc) is 3.51. The van der Waals surface area contributed by atoms with E-state index in [1.54, 1.807) is 0 Å². The predicted molar refractivity (Wildman–Crippen MR) is 136 cm³/mol. The summed E-state index contributed by atoms with van der Waals surface area (Å²) in [5.74, 6) is -2.66. The molecule has 1 fully saturated rings. The molecule has 5 heterocycles. The molecule has 0 bridgehead atoms. The number of carbonyl (C=O) groups is 2. The molecule has 1 saturated heterocycles. The van der Waals surface area contributed by atoms with Crippen molar-refractivity contribution >= 4 is 79.2 Å². The quantitative estimate of drug-likeness (QED) is 0.0585. The number of halogens is 1. The number of rotatable bonds is 9. The van der Waals surface area contributed by atoms with Gasteiger partial charge in [-0.05, 0) is 12.8 Å². The molecule has 2 aliphatic rings. The molecule has 0 aliphatic carbocycles. The van der Waals surface area contributed by atoms with E-state index in [2.05, 4.69) is 30.1 Å². The van der Waals surface area contributed by atoms with Crippen molar-refractivity contribution in [3.63, 3.8) is 0 Å². The summed E-state index contributed by atoms with van der Waals surface area (Å²) in [6.07, 6.45) is 1.97. The molecule has 3 aromatic rings. The first kappa shape index (κ1) is 29.1. The van der Waals surface area contributed by atoms with Crippen LogP contribution in [0, 0.1) is 0 Å². The van der Waals surface area contributed by atoms with Crippen molar-refractivity contribution in [1.29, 1.82) is 0 Å². The minimum atomic E-state index is -1.30. The molecule has 19 heteroatoms. The number of hydrogen-bond donors (Lipinski definition) is 3. The molecular weight excluding hydrogens is 584 g/mol. The molecule has 198 valence electrons. The van der Waals surface area contributed by atoms with Gasteiger partial charge in [-0.1, -0.05) is 28.3 Å². The van der Waals surface area contributed by atoms with Crippen molar-refractivity contribution in [2.45, 2.75) is 29.3 Å². The summed E-state index contributed by atoms with van der Waals surface area (Å²) in [4.78, 5) is 52.5. The number of amides is 1. The molecule has 3 aromatic heterocycles. The number of aromatic nitrogens is 4. The molecule has 2 aliphatic heterocycles. The number of aliphatic carboxylic acids is 1. The first-order valence-electron chi connectivity index (χ1n) is 10.8. The van der Waals surface area contributed by atoms with Gasteiger partial charge in [-0.15, -0.1) is 11.3 Å². The van der Waals surface area contributed by atoms with E-state index in [1.165, 1.54) is 23.0 Å². The van der Waals surface area contributed by atoms with Crippen LogP contribution in [-0.4, -0.2) is 78.8 Å². The fourth-order valence-electron chi connectivity index (χ4n) is 3.91. The molecule has 5 N–H and O–H groups in total. The standard InChI is InChI=1S/C20H18FN9O5S3.Na/c21-3-4-35-29-10(7-5-36-19(23)26-7)15(31)27-11-8-1-2-9(13(18(33)34)30(8)17(11)32)37-20-28-12-14(22)24-6-25-16(12)38-20;/h5-6,8,11H,1-4H2,(H2,23,26)(H,27,31)(H,33,34)(H2,22,24,25);/q;+1/p-1/b29-10+;/t8-,11+;/m1./s1. The van der Waals surface area contributed by atoms with Crippen molar-refractivity contribution in [3.05, 3.63) is 28.0 Å². The van der Waals surface area contributed by atoms with Crippen LogP contribution in [0.3, 0.4) is 0 Å². The Kier molecular flexibility index (Phi) is 9.02. The number of oxime groups is 1. The zero-order valence-electron chi connectivity index (χ0n) is 20.1. The normalized spacial score (nSPS) is 19.5. The molecule has 39 heavy (non-hydrogen) atoms. The van der Waals surface area contributed by atoms with Crippen LogP contribution in [0.2, 0.25) is 0 Å². The van der Waals surface area contributed by atoms with Crippen molar-refractivity contribution in [2.75, 3.05) is 24.7 Å². The van der Waals surface area contributed by atoms with Gasteiger partial charge in [-0.2, -0.15) is 0 Å². The number of nitrogens with two attached hydrogens (primary N) is 2. The number of carboxylic acid groups (broad SMARTS) is 1. The molecule has 0 spiro atoms. The molecule has 14 nitrogen and oxygen atoms in total. The number of β-lactam (4-membered cyclic amide) rings is 1. The summed E-state index contributed by atoms with van der Waals surface area (Å²) < 4.78 is 13.0. The SMILES string of the molecule is Nc1nc(/C(=N\OCCF)C([O-])=N[C@@H]2C(=O)N3C(C(=O)O)=C(Sc4nc5c(N)ncnc5s4)CC[C@H]23)cs1.[Na+]. The minimum absolute atomic E-state index is 0. The zero-order valence-corrected chi connectivity index (χ0v) is 24.6. The van der Waals surface area contributed by atoms with E-state index in [1.807, 2.05) is 0 Å². The number of anilines is 2. The summed E-state index contributed by atoms with van der Waals surface area (Å²) in [6.45, 7) is -1.22. The summed E-state index contributed by atoms with van der Waals surface area (Å²) in [6, 6.07) is -1.77. The summed E-state index contributed by atoms with van der Waals surface area (Å²) in [7, 11) is 0. The number of alkyl halides is 1. The molecule has 1 amide bonds. The summed E-state index contributed by atoms with van der Waals surface area (Å²) in [5.41, 5.74) is 11.4. The van der Waals surface area contributed by atoms with Gasteiger partial charge in [0.1, 0.15) is 53.1 Å². The van der Waals surface area contributed by atoms with Gasteiger partial charge in [-0.3, -0.25) is 14.7 Å². The number of thioether (sulfide) groups is 1. The van der Waals surface area contributed by atoms with Crippen LogP contribution in [0.4, 0.5) is 15.3 Å². The number of nitrogens with zero attached hydrogens (tertiary/aromatic N) is 7. The summed E-state index contributed by atoms with van der Waals surface area (Å²) in [5, 5.41) is 28.1. The predicted octanol–water partition coefficient (Wildman–Crippen LogP) is -2.38. The minimum Gasteiger partial charge on any atom is -0.857 e. The Morgan fingerprint density at radius 3 is 2.82 bits per heavy atom. The Bertz CT molecular complexity index is 1530. The molecule has 2 atom stereocenters. The van der Waals surface area contributed by atoms with Gasteiger partial charge >= 0.3 is 35.5 Å². The van der Waals surface area contributed by atoms with Gasteiger partial charge in [-0.25, -0.2) is 29.1 Å². The molecule has 0 saturated carbocycles. The first-order valence-corrected chi connectivity index (χ1v) is 13.4. The second-order valence-corrected chi connectivity index (χ2v) is 11.0. The molecule has 0 unspecified atom stereocenters. The number of carbonyl (C=O) groups excluding carboxylic acids is 1. The van der Waals surface area contributed by atoms with E-state index < -0.39 is 43.1 Å². The fraction of sp³-hybridized carbons (Fsp3) is 0.300. The molecular formula is C20H17FN9NaO5S3. The number of carboxylic acids is 1. The zero-order chi connectivity index (χ0) is 27.0. The number of allylic oxidation sites excluding steroid dienone is 1. The monoisotopic (exact) mass is 601 g/mol. The average molecular weight is 602 g/mol. The third-order valence-corrected chi connectivity index (χ3v) is 8.37. The molecule has 0 aromatic carbocycles. The van der Waals surface area contributed by atoms with E-state index in [0.717, 1.165) is 28.0 Å². The second-order valence-electron chi connectivity index (χ2n) is 7.80. The largest absolute Gasteiger partial charge is 1.00 e. The smallest absolute Gasteiger partial charge is 0.857 e. The van der Waals surface area contributed by atoms with Crippen LogP contribution < -0.4 is 46.1 Å². The Labute approximate surface area is 253 Å². The molecule has 0 radical (unpaired) electrons. The van der Waals surface area contributed by atoms with Crippen molar-refractivity contribution < 1.29 is 58.6 Å². The van der Waals surface area contributed by atoms with Crippen LogP contribution in [-0.2, 0) is 14.4 Å². The van der Waals surface area contributed by atoms with Gasteiger partial charge in [0, 0.05) is 16.2 Å². The van der Waals surface area contributed by atoms with Gasteiger partial charge < -0.3 is 26.5 Å². The number of fused-ring (bicyclic) bond motifs is 2. The maximum absolute atomic E-state index is 13.0. The fourth-order valence-corrected chi connectivity index (χ4v) is 6.66. The van der Waals surface area contributed by atoms with Crippen molar-refractivity contribution in [3.8, 4) is 0 Å². The van der Waals surface area contributed by atoms with Crippen molar-refractivity contribution in [2.24, 2.45) is 10.1 Å². The second kappa shape index (κ2) is 12.1. The number of aliphatic imine (C=N–C) groups is 1. The Morgan fingerprint density at radius 2 is 2.15 bits per heavy atom. The van der Waals surface area contributed by atoms with Gasteiger partial charge in [0.25, 0.3) is 5.91 Å². The van der Waals surface area contributed by atoms with E-state index in [9.17, 15) is 24.2 Å². The Hall–Kier alpha value is -2.90. The number of hydrogen-bond acceptors (Lipinski definition) is 15. The number of nitrogen functional groups attached to an aromatic ring is 2. The van der Waals surface area contributed by atoms with E-state index >= 15 is 0 Å². The van der Waals surface area contributed by atoms with Gasteiger partial charge in [0.05, 0.1) is 6.04 Å². The molecule has 5 rings (SSSR count). The topological polar surface area (TPSA) is 218 Å². The third kappa shape index (κ3) is 5.71. The maximum atomic E-state index is 13.0. The van der Waals surface area contributed by atoms with Crippen molar-refractivity contribution in [1.82, 2.24) is 24.8 Å². The Morgan fingerprint density at radius 1 is 1.36 bits per heavy atom. The van der Waals surface area contributed by atoms with Crippen LogP contribution in [0.15, 0.2) is 36.8 Å². The van der Waals surface area contributed by atoms with E-state index in [-0.39, 0.29) is 57.6 Å². The number of thiazole rings is 2. The van der Waals surface area contributed by atoms with Crippen LogP contribution in [0.1, 0.15) is 18.5 Å². The summed E-state index contributed by atoms with van der Waals surface area (Å²) >= 11 is 3.39. The van der Waals surface area contributed by atoms with Crippen LogP contribution in [0.25, 0.3) is 10.3 Å². The van der Waals surface area contributed by atoms with E-state index in [0.29, 0.717) is 32.4 Å². The van der Waals surface area contributed by atoms with Crippen LogP contribution >= 0.6 is 34.4 Å². The van der Waals surface area contributed by atoms with Crippen LogP contribution in [0.5, 0.6) is 0 Å². The van der Waals surface area contributed by atoms with E-state index in [4.69, 9.17) is 16.3 Å². The Balaban J connectivity index is 0.00000353. The maximum Gasteiger partial charge on any atom is 1.00 e. The first-order chi connectivity index (χ1) is 18.3. The van der Waals surface area contributed by atoms with Gasteiger partial charge in [0.2, 0.25) is 0 Å².